The number of benzene rings is 3. The number of aryl methyl sites for hydroxylation is 1. The molecule has 6 heteroatoms. The highest BCUT2D eigenvalue weighted by Gasteiger charge is 2.07. The third-order valence-corrected chi connectivity index (χ3v) is 4.67. The summed E-state index contributed by atoms with van der Waals surface area (Å²) in [6.07, 6.45) is 1.73. The third kappa shape index (κ3) is 4.75. The Kier molecular flexibility index (Phi) is 6.06. The average Bonchev–Trinajstić information content (AvgIpc) is 2.68. The molecule has 0 unspecified atom stereocenters. The summed E-state index contributed by atoms with van der Waals surface area (Å²) < 4.78 is 5.90. The number of aliphatic imine (C=N–C) groups is 1. The third-order valence-electron chi connectivity index (χ3n) is 4.43. The van der Waals surface area contributed by atoms with Crippen molar-refractivity contribution in [2.45, 2.75) is 20.5 Å². The fourth-order valence-corrected chi connectivity index (χ4v) is 2.82. The molecule has 0 aliphatic rings. The molecule has 0 amide bonds. The van der Waals surface area contributed by atoms with Gasteiger partial charge in [0.25, 0.3) is 5.69 Å². The van der Waals surface area contributed by atoms with Gasteiger partial charge in [0.1, 0.15) is 12.4 Å². The summed E-state index contributed by atoms with van der Waals surface area (Å²) in [4.78, 5) is 14.9. The number of nitrogens with zero attached hydrogens (tertiary/aromatic N) is 2. The Balaban J connectivity index is 1.79. The van der Waals surface area contributed by atoms with E-state index in [1.165, 1.54) is 17.7 Å². The van der Waals surface area contributed by atoms with Crippen molar-refractivity contribution in [1.29, 1.82) is 0 Å². The summed E-state index contributed by atoms with van der Waals surface area (Å²) in [6.45, 7) is 4.36. The summed E-state index contributed by atoms with van der Waals surface area (Å²) in [5, 5.41) is 11.3. The van der Waals surface area contributed by atoms with Crippen LogP contribution in [0.1, 0.15) is 22.3 Å². The van der Waals surface area contributed by atoms with Crippen LogP contribution in [0.2, 0.25) is 5.02 Å². The number of non-ortho nitro benzene ring substituents is 1. The molecule has 0 radical (unpaired) electrons. The van der Waals surface area contributed by atoms with Crippen molar-refractivity contribution >= 4 is 29.2 Å². The minimum absolute atomic E-state index is 0.0524. The summed E-state index contributed by atoms with van der Waals surface area (Å²) >= 11 is 6.14. The molecule has 0 N–H and O–H groups in total. The maximum absolute atomic E-state index is 10.7. The Hall–Kier alpha value is -3.18. The summed E-state index contributed by atoms with van der Waals surface area (Å²) in [5.74, 6) is 0.636. The molecule has 3 aromatic rings. The van der Waals surface area contributed by atoms with E-state index in [0.717, 1.165) is 22.4 Å². The van der Waals surface area contributed by atoms with Gasteiger partial charge in [-0.1, -0.05) is 23.7 Å². The number of nitro groups is 1. The topological polar surface area (TPSA) is 64.7 Å². The Labute approximate surface area is 168 Å². The maximum Gasteiger partial charge on any atom is 0.269 e. The van der Waals surface area contributed by atoms with E-state index in [-0.39, 0.29) is 12.3 Å². The van der Waals surface area contributed by atoms with Crippen LogP contribution in [0.4, 0.5) is 11.4 Å². The molecule has 0 heterocycles. The lowest BCUT2D eigenvalue weighted by Gasteiger charge is -2.10. The van der Waals surface area contributed by atoms with Crippen LogP contribution in [0.25, 0.3) is 0 Å². The zero-order valence-electron chi connectivity index (χ0n) is 15.6. The number of ether oxygens (including phenoxy) is 1. The van der Waals surface area contributed by atoms with E-state index in [2.05, 4.69) is 4.99 Å². The van der Waals surface area contributed by atoms with Gasteiger partial charge >= 0.3 is 0 Å². The Morgan fingerprint density at radius 3 is 2.57 bits per heavy atom. The van der Waals surface area contributed by atoms with Crippen molar-refractivity contribution in [1.82, 2.24) is 0 Å². The van der Waals surface area contributed by atoms with E-state index in [1.54, 1.807) is 36.5 Å². The molecular formula is C22H19ClN2O3. The maximum atomic E-state index is 10.7. The van der Waals surface area contributed by atoms with Crippen molar-refractivity contribution in [2.24, 2.45) is 4.99 Å². The summed E-state index contributed by atoms with van der Waals surface area (Å²) in [5.41, 5.74) is 4.83. The monoisotopic (exact) mass is 394 g/mol. The molecule has 3 aromatic carbocycles. The van der Waals surface area contributed by atoms with Gasteiger partial charge in [0.2, 0.25) is 0 Å². The predicted molar refractivity (Wildman–Crippen MR) is 112 cm³/mol. The molecule has 0 bridgehead atoms. The van der Waals surface area contributed by atoms with E-state index < -0.39 is 4.92 Å². The van der Waals surface area contributed by atoms with Crippen LogP contribution in [0.15, 0.2) is 65.7 Å². The Morgan fingerprint density at radius 2 is 1.86 bits per heavy atom. The standard InChI is InChI=1S/C22H19ClN2O3/c1-15-4-3-5-21(16(15)2)24-13-18-12-19(23)8-11-22(18)28-14-17-6-9-20(10-7-17)25(26)27/h3-13H,14H2,1-2H3. The van der Waals surface area contributed by atoms with Gasteiger partial charge in [0.05, 0.1) is 10.6 Å². The number of nitro benzene ring substituents is 1. The van der Waals surface area contributed by atoms with Crippen LogP contribution in [-0.2, 0) is 6.61 Å². The molecule has 28 heavy (non-hydrogen) atoms. The molecule has 142 valence electrons. The van der Waals surface area contributed by atoms with Crippen LogP contribution >= 0.6 is 11.6 Å². The van der Waals surface area contributed by atoms with Crippen LogP contribution in [-0.4, -0.2) is 11.1 Å². The molecule has 0 aliphatic heterocycles. The van der Waals surface area contributed by atoms with Gasteiger partial charge in [-0.2, -0.15) is 0 Å². The SMILES string of the molecule is Cc1cccc(N=Cc2cc(Cl)ccc2OCc2ccc([N+](=O)[O-])cc2)c1C. The van der Waals surface area contributed by atoms with Gasteiger partial charge in [-0.3, -0.25) is 15.1 Å². The van der Waals surface area contributed by atoms with Gasteiger partial charge in [0.15, 0.2) is 0 Å². The minimum Gasteiger partial charge on any atom is -0.488 e. The first kappa shape index (κ1) is 19.6. The lowest BCUT2D eigenvalue weighted by molar-refractivity contribution is -0.384. The van der Waals surface area contributed by atoms with E-state index in [1.807, 2.05) is 32.0 Å². The summed E-state index contributed by atoms with van der Waals surface area (Å²) in [7, 11) is 0. The van der Waals surface area contributed by atoms with E-state index in [4.69, 9.17) is 16.3 Å². The van der Waals surface area contributed by atoms with Crippen molar-refractivity contribution < 1.29 is 9.66 Å². The normalized spacial score (nSPS) is 11.0. The van der Waals surface area contributed by atoms with Crippen molar-refractivity contribution in [2.75, 3.05) is 0 Å². The number of hydrogen-bond acceptors (Lipinski definition) is 4. The zero-order valence-corrected chi connectivity index (χ0v) is 16.3. The second-order valence-electron chi connectivity index (χ2n) is 6.37. The fraction of sp³-hybridized carbons (Fsp3) is 0.136. The highest BCUT2D eigenvalue weighted by molar-refractivity contribution is 6.30. The molecule has 0 saturated carbocycles. The predicted octanol–water partition coefficient (Wildman–Crippen LogP) is 6.19. The quantitative estimate of drug-likeness (QED) is 0.284. The molecule has 0 saturated heterocycles. The lowest BCUT2D eigenvalue weighted by atomic mass is 10.1. The highest BCUT2D eigenvalue weighted by atomic mass is 35.5. The average molecular weight is 395 g/mol. The van der Waals surface area contributed by atoms with E-state index in [9.17, 15) is 10.1 Å². The number of hydrogen-bond donors (Lipinski definition) is 0. The first-order valence-electron chi connectivity index (χ1n) is 8.70. The van der Waals surface area contributed by atoms with Gasteiger partial charge in [-0.25, -0.2) is 0 Å². The minimum atomic E-state index is -0.425. The molecule has 5 nitrogen and oxygen atoms in total. The van der Waals surface area contributed by atoms with E-state index in [0.29, 0.717) is 10.8 Å². The first-order valence-corrected chi connectivity index (χ1v) is 9.08. The molecule has 0 spiro atoms. The van der Waals surface area contributed by atoms with Gasteiger partial charge < -0.3 is 4.74 Å². The molecule has 0 aromatic heterocycles. The van der Waals surface area contributed by atoms with Crippen LogP contribution in [0, 0.1) is 24.0 Å². The van der Waals surface area contributed by atoms with Crippen molar-refractivity contribution in [3.05, 3.63) is 98.1 Å². The van der Waals surface area contributed by atoms with Gasteiger partial charge in [-0.15, -0.1) is 0 Å². The second kappa shape index (κ2) is 8.67. The lowest BCUT2D eigenvalue weighted by Crippen LogP contribution is -1.99. The van der Waals surface area contributed by atoms with Crippen LogP contribution < -0.4 is 4.74 Å². The number of halogens is 1. The zero-order chi connectivity index (χ0) is 20.1. The molecule has 0 atom stereocenters. The Morgan fingerprint density at radius 1 is 1.11 bits per heavy atom. The second-order valence-corrected chi connectivity index (χ2v) is 6.81. The van der Waals surface area contributed by atoms with Gasteiger partial charge in [-0.05, 0) is 66.9 Å². The first-order chi connectivity index (χ1) is 13.4. The van der Waals surface area contributed by atoms with Crippen LogP contribution in [0.5, 0.6) is 5.75 Å². The highest BCUT2D eigenvalue weighted by Crippen LogP contribution is 2.25. The molecule has 3 rings (SSSR count). The van der Waals surface area contributed by atoms with Crippen molar-refractivity contribution in [3.63, 3.8) is 0 Å². The smallest absolute Gasteiger partial charge is 0.269 e. The van der Waals surface area contributed by atoms with Crippen LogP contribution in [0.3, 0.4) is 0 Å². The summed E-state index contributed by atoms with van der Waals surface area (Å²) in [6, 6.07) is 17.6. The fourth-order valence-electron chi connectivity index (χ4n) is 2.64. The van der Waals surface area contributed by atoms with Gasteiger partial charge in [0, 0.05) is 28.9 Å². The van der Waals surface area contributed by atoms with Crippen molar-refractivity contribution in [3.8, 4) is 5.75 Å². The number of rotatable bonds is 6. The Bertz CT molecular complexity index is 1030. The largest absolute Gasteiger partial charge is 0.488 e. The molecule has 0 aliphatic carbocycles. The molecule has 0 fully saturated rings. The van der Waals surface area contributed by atoms with E-state index >= 15 is 0 Å². The molecular weight excluding hydrogens is 376 g/mol.